The van der Waals surface area contributed by atoms with Crippen molar-refractivity contribution in [3.05, 3.63) is 59.1 Å². The minimum atomic E-state index is -3.60. The second-order valence-corrected chi connectivity index (χ2v) is 8.95. The maximum Gasteiger partial charge on any atom is 0.240 e. The number of nitrogens with zero attached hydrogens (tertiary/aromatic N) is 2. The molecule has 28 heavy (non-hydrogen) atoms. The molecule has 2 aromatic carbocycles. The number of carbonyl (C=O) groups is 1. The van der Waals surface area contributed by atoms with Gasteiger partial charge in [0, 0.05) is 39.1 Å². The summed E-state index contributed by atoms with van der Waals surface area (Å²) in [5, 5.41) is 0.702. The molecule has 150 valence electrons. The first-order valence-electron chi connectivity index (χ1n) is 9.20. The van der Waals surface area contributed by atoms with Gasteiger partial charge >= 0.3 is 0 Å². The molecule has 6 nitrogen and oxygen atoms in total. The van der Waals surface area contributed by atoms with E-state index in [2.05, 4.69) is 9.62 Å². The van der Waals surface area contributed by atoms with Crippen LogP contribution in [0.25, 0.3) is 0 Å². The minimum Gasteiger partial charge on any atom is -0.367 e. The number of amides is 1. The molecule has 1 saturated heterocycles. The highest BCUT2D eigenvalue weighted by Crippen LogP contribution is 2.26. The lowest BCUT2D eigenvalue weighted by Crippen LogP contribution is -2.49. The third-order valence-electron chi connectivity index (χ3n) is 4.79. The number of aryl methyl sites for hydroxylation is 1. The van der Waals surface area contributed by atoms with Gasteiger partial charge in [0.05, 0.1) is 15.6 Å². The molecular weight excluding hydrogens is 398 g/mol. The smallest absolute Gasteiger partial charge is 0.240 e. The lowest BCUT2D eigenvalue weighted by molar-refractivity contribution is -0.131. The molecule has 0 aliphatic carbocycles. The number of rotatable bonds is 6. The quantitative estimate of drug-likeness (QED) is 0.778. The third-order valence-corrected chi connectivity index (χ3v) is 6.58. The highest BCUT2D eigenvalue weighted by molar-refractivity contribution is 7.89. The van der Waals surface area contributed by atoms with Crippen LogP contribution in [0, 0.1) is 6.92 Å². The molecule has 3 rings (SSSR count). The van der Waals surface area contributed by atoms with Gasteiger partial charge in [-0.05, 0) is 31.2 Å². The van der Waals surface area contributed by atoms with Gasteiger partial charge in [0.25, 0.3) is 0 Å². The Balaban J connectivity index is 1.47. The van der Waals surface area contributed by atoms with Crippen LogP contribution in [-0.2, 0) is 14.8 Å². The van der Waals surface area contributed by atoms with Crippen LogP contribution in [0.1, 0.15) is 12.0 Å². The lowest BCUT2D eigenvalue weighted by Gasteiger charge is -2.36. The van der Waals surface area contributed by atoms with Crippen molar-refractivity contribution in [1.29, 1.82) is 0 Å². The van der Waals surface area contributed by atoms with Gasteiger partial charge in [0.1, 0.15) is 0 Å². The monoisotopic (exact) mass is 421 g/mol. The summed E-state index contributed by atoms with van der Waals surface area (Å²) >= 11 is 6.24. The maximum atomic E-state index is 12.4. The fourth-order valence-corrected chi connectivity index (χ4v) is 4.44. The molecule has 1 aliphatic heterocycles. The van der Waals surface area contributed by atoms with Crippen molar-refractivity contribution in [2.45, 2.75) is 18.2 Å². The fraction of sp³-hybridized carbons (Fsp3) is 0.350. The number of benzene rings is 2. The molecule has 0 bridgehead atoms. The van der Waals surface area contributed by atoms with Crippen molar-refractivity contribution in [2.24, 2.45) is 0 Å². The third kappa shape index (κ3) is 5.04. The number of halogens is 1. The van der Waals surface area contributed by atoms with Crippen LogP contribution in [0.15, 0.2) is 53.4 Å². The topological polar surface area (TPSA) is 69.7 Å². The molecule has 1 heterocycles. The van der Waals surface area contributed by atoms with Gasteiger partial charge in [-0.2, -0.15) is 0 Å². The molecule has 1 amide bonds. The Morgan fingerprint density at radius 1 is 1.04 bits per heavy atom. The zero-order chi connectivity index (χ0) is 20.1. The molecule has 1 fully saturated rings. The summed E-state index contributed by atoms with van der Waals surface area (Å²) in [4.78, 5) is 16.6. The Labute approximate surface area is 171 Å². The van der Waals surface area contributed by atoms with E-state index in [9.17, 15) is 13.2 Å². The van der Waals surface area contributed by atoms with E-state index in [1.165, 1.54) is 0 Å². The van der Waals surface area contributed by atoms with Crippen LogP contribution in [0.5, 0.6) is 0 Å². The molecule has 1 aliphatic rings. The number of anilines is 1. The second-order valence-electron chi connectivity index (χ2n) is 6.78. The molecule has 0 radical (unpaired) electrons. The van der Waals surface area contributed by atoms with Gasteiger partial charge in [-0.15, -0.1) is 0 Å². The maximum absolute atomic E-state index is 12.4. The van der Waals surface area contributed by atoms with Gasteiger partial charge in [-0.3, -0.25) is 4.79 Å². The van der Waals surface area contributed by atoms with E-state index in [0.717, 1.165) is 11.3 Å². The van der Waals surface area contributed by atoms with Crippen LogP contribution in [-0.4, -0.2) is 51.9 Å². The molecule has 0 saturated carbocycles. The van der Waals surface area contributed by atoms with Gasteiger partial charge in [-0.1, -0.05) is 41.4 Å². The summed E-state index contributed by atoms with van der Waals surface area (Å²) in [5.41, 5.74) is 1.96. The van der Waals surface area contributed by atoms with E-state index in [1.54, 1.807) is 29.2 Å². The summed E-state index contributed by atoms with van der Waals surface area (Å²) < 4.78 is 27.1. The van der Waals surface area contributed by atoms with Crippen molar-refractivity contribution in [2.75, 3.05) is 37.6 Å². The summed E-state index contributed by atoms with van der Waals surface area (Å²) in [6.07, 6.45) is 0.136. The van der Waals surface area contributed by atoms with Crippen LogP contribution in [0.3, 0.4) is 0 Å². The number of sulfonamides is 1. The SMILES string of the molecule is Cc1ccc(S(=O)(=O)NCCC(=O)N2CCN(c3ccccc3Cl)CC2)cc1. The largest absolute Gasteiger partial charge is 0.367 e. The van der Waals surface area contributed by atoms with E-state index < -0.39 is 10.0 Å². The summed E-state index contributed by atoms with van der Waals surface area (Å²) in [5.74, 6) is -0.0505. The Morgan fingerprint density at radius 2 is 1.68 bits per heavy atom. The van der Waals surface area contributed by atoms with Crippen LogP contribution in [0.2, 0.25) is 5.02 Å². The zero-order valence-corrected chi connectivity index (χ0v) is 17.3. The summed E-state index contributed by atoms with van der Waals surface area (Å²) in [6.45, 7) is 4.56. The van der Waals surface area contributed by atoms with Crippen molar-refractivity contribution in [3.8, 4) is 0 Å². The van der Waals surface area contributed by atoms with Gasteiger partial charge in [0.15, 0.2) is 0 Å². The Kier molecular flexibility index (Phi) is 6.59. The normalized spacial score (nSPS) is 14.9. The van der Waals surface area contributed by atoms with Gasteiger partial charge in [-0.25, -0.2) is 13.1 Å². The lowest BCUT2D eigenvalue weighted by atomic mass is 10.2. The van der Waals surface area contributed by atoms with E-state index in [-0.39, 0.29) is 23.8 Å². The summed E-state index contributed by atoms with van der Waals surface area (Å²) in [6, 6.07) is 14.3. The molecule has 8 heteroatoms. The van der Waals surface area contributed by atoms with Gasteiger partial charge in [0.2, 0.25) is 15.9 Å². The fourth-order valence-electron chi connectivity index (χ4n) is 3.16. The van der Waals surface area contributed by atoms with Crippen LogP contribution >= 0.6 is 11.6 Å². The molecule has 0 atom stereocenters. The minimum absolute atomic E-state index is 0.0505. The Bertz CT molecular complexity index is 924. The first kappa shape index (κ1) is 20.6. The Hall–Kier alpha value is -2.09. The van der Waals surface area contributed by atoms with E-state index in [0.29, 0.717) is 31.2 Å². The van der Waals surface area contributed by atoms with E-state index in [1.807, 2.05) is 31.2 Å². The average Bonchev–Trinajstić information content (AvgIpc) is 2.68. The predicted octanol–water partition coefficient (Wildman–Crippen LogP) is 2.67. The highest BCUT2D eigenvalue weighted by atomic mass is 35.5. The molecular formula is C20H24ClN3O3S. The first-order valence-corrected chi connectivity index (χ1v) is 11.1. The number of piperazine rings is 1. The predicted molar refractivity (Wildman–Crippen MR) is 111 cm³/mol. The van der Waals surface area contributed by atoms with Crippen LogP contribution in [0.4, 0.5) is 5.69 Å². The van der Waals surface area contributed by atoms with Crippen molar-refractivity contribution >= 4 is 33.2 Å². The van der Waals surface area contributed by atoms with Crippen molar-refractivity contribution in [1.82, 2.24) is 9.62 Å². The number of carbonyl (C=O) groups excluding carboxylic acids is 1. The number of hydrogen-bond donors (Lipinski definition) is 1. The number of nitrogens with one attached hydrogen (secondary N) is 1. The summed E-state index contributed by atoms with van der Waals surface area (Å²) in [7, 11) is -3.60. The highest BCUT2D eigenvalue weighted by Gasteiger charge is 2.22. The first-order chi connectivity index (χ1) is 13.4. The van der Waals surface area contributed by atoms with E-state index >= 15 is 0 Å². The van der Waals surface area contributed by atoms with Gasteiger partial charge < -0.3 is 9.80 Å². The Morgan fingerprint density at radius 3 is 2.32 bits per heavy atom. The molecule has 1 N–H and O–H groups in total. The standard InChI is InChI=1S/C20H24ClN3O3S/c1-16-6-8-17(9-7-16)28(26,27)22-11-10-20(25)24-14-12-23(13-15-24)19-5-3-2-4-18(19)21/h2-9,22H,10-15H2,1H3. The van der Waals surface area contributed by atoms with Crippen molar-refractivity contribution in [3.63, 3.8) is 0 Å². The zero-order valence-electron chi connectivity index (χ0n) is 15.8. The molecule has 2 aromatic rings. The second kappa shape index (κ2) is 8.94. The molecule has 0 aromatic heterocycles. The van der Waals surface area contributed by atoms with Crippen molar-refractivity contribution < 1.29 is 13.2 Å². The van der Waals surface area contributed by atoms with Crippen LogP contribution < -0.4 is 9.62 Å². The number of hydrogen-bond acceptors (Lipinski definition) is 4. The van der Waals surface area contributed by atoms with E-state index in [4.69, 9.17) is 11.6 Å². The number of para-hydroxylation sites is 1. The molecule has 0 spiro atoms. The average molecular weight is 422 g/mol. The molecule has 0 unspecified atom stereocenters.